The molecule has 0 aliphatic carbocycles. The zero-order valence-corrected chi connectivity index (χ0v) is 9.86. The van der Waals surface area contributed by atoms with E-state index in [1.807, 2.05) is 13.1 Å². The van der Waals surface area contributed by atoms with E-state index in [1.165, 1.54) is 0 Å². The van der Waals surface area contributed by atoms with Crippen molar-refractivity contribution in [1.82, 2.24) is 9.78 Å². The van der Waals surface area contributed by atoms with E-state index in [2.05, 4.69) is 5.10 Å². The number of hydrogen-bond acceptors (Lipinski definition) is 3. The summed E-state index contributed by atoms with van der Waals surface area (Å²) in [5.74, 6) is 0.727. The van der Waals surface area contributed by atoms with Gasteiger partial charge in [-0.25, -0.2) is 0 Å². The Hall–Kier alpha value is -1.81. The van der Waals surface area contributed by atoms with Crippen LogP contribution < -0.4 is 4.74 Å². The molecule has 0 spiro atoms. The lowest BCUT2D eigenvalue weighted by Gasteiger charge is -2.18. The van der Waals surface area contributed by atoms with E-state index in [1.54, 1.807) is 16.8 Å². The van der Waals surface area contributed by atoms with Crippen LogP contribution in [-0.2, 0) is 13.7 Å². The molecule has 0 atom stereocenters. The van der Waals surface area contributed by atoms with E-state index >= 15 is 0 Å². The molecule has 0 N–H and O–H groups in total. The summed E-state index contributed by atoms with van der Waals surface area (Å²) in [7, 11) is 1.82. The predicted octanol–water partition coefficient (Wildman–Crippen LogP) is 2.45. The van der Waals surface area contributed by atoms with Crippen molar-refractivity contribution in [3.63, 3.8) is 0 Å². The third-order valence-corrected chi connectivity index (χ3v) is 3.09. The number of ether oxygens (including phenoxy) is 1. The molecule has 4 nitrogen and oxygen atoms in total. The molecule has 0 unspecified atom stereocenters. The Morgan fingerprint density at radius 1 is 1.53 bits per heavy atom. The van der Waals surface area contributed by atoms with Crippen LogP contribution in [0.4, 0.5) is 0 Å². The van der Waals surface area contributed by atoms with Gasteiger partial charge in [0, 0.05) is 23.2 Å². The fourth-order valence-corrected chi connectivity index (χ4v) is 2.29. The summed E-state index contributed by atoms with van der Waals surface area (Å²) in [5, 5.41) is 4.80. The fraction of sp³-hybridized carbons (Fsp3) is 0.167. The number of hydrogen-bond donors (Lipinski definition) is 0. The SMILES string of the molecule is Cn1nc(C=O)c2c1-c1ccc(Cl)cc1OC2. The van der Waals surface area contributed by atoms with E-state index in [4.69, 9.17) is 16.3 Å². The van der Waals surface area contributed by atoms with Crippen LogP contribution in [0.2, 0.25) is 5.02 Å². The molecule has 0 amide bonds. The fourth-order valence-electron chi connectivity index (χ4n) is 2.12. The Bertz CT molecular complexity index is 619. The van der Waals surface area contributed by atoms with Crippen LogP contribution in [0.15, 0.2) is 18.2 Å². The Morgan fingerprint density at radius 3 is 3.12 bits per heavy atom. The van der Waals surface area contributed by atoms with Gasteiger partial charge in [0.25, 0.3) is 0 Å². The lowest BCUT2D eigenvalue weighted by molar-refractivity contribution is 0.111. The summed E-state index contributed by atoms with van der Waals surface area (Å²) in [6.45, 7) is 0.352. The average molecular weight is 249 g/mol. The highest BCUT2D eigenvalue weighted by molar-refractivity contribution is 6.30. The maximum Gasteiger partial charge on any atom is 0.170 e. The Labute approximate surface area is 103 Å². The molecular weight excluding hydrogens is 240 g/mol. The highest BCUT2D eigenvalue weighted by Gasteiger charge is 2.24. The Kier molecular flexibility index (Phi) is 2.19. The van der Waals surface area contributed by atoms with Crippen LogP contribution in [0.3, 0.4) is 0 Å². The van der Waals surface area contributed by atoms with Gasteiger partial charge in [-0.05, 0) is 18.2 Å². The van der Waals surface area contributed by atoms with E-state index in [-0.39, 0.29) is 0 Å². The number of rotatable bonds is 1. The number of aryl methyl sites for hydroxylation is 1. The second-order valence-corrected chi connectivity index (χ2v) is 4.32. The zero-order chi connectivity index (χ0) is 12.0. The van der Waals surface area contributed by atoms with E-state index in [0.717, 1.165) is 28.9 Å². The minimum Gasteiger partial charge on any atom is -0.488 e. The summed E-state index contributed by atoms with van der Waals surface area (Å²) in [5.41, 5.74) is 3.10. The smallest absolute Gasteiger partial charge is 0.170 e. The van der Waals surface area contributed by atoms with Crippen LogP contribution in [0, 0.1) is 0 Å². The van der Waals surface area contributed by atoms with E-state index in [0.29, 0.717) is 17.3 Å². The molecule has 17 heavy (non-hydrogen) atoms. The summed E-state index contributed by atoms with van der Waals surface area (Å²) >= 11 is 5.92. The van der Waals surface area contributed by atoms with Gasteiger partial charge in [-0.15, -0.1) is 0 Å². The number of nitrogens with zero attached hydrogens (tertiary/aromatic N) is 2. The molecule has 1 aromatic heterocycles. The largest absolute Gasteiger partial charge is 0.488 e. The van der Waals surface area contributed by atoms with Gasteiger partial charge in [0.15, 0.2) is 6.29 Å². The number of halogens is 1. The number of carbonyl (C=O) groups excluding carboxylic acids is 1. The molecule has 1 aliphatic heterocycles. The molecular formula is C12H9ClN2O2. The topological polar surface area (TPSA) is 44.1 Å². The molecule has 2 aromatic rings. The van der Waals surface area contributed by atoms with E-state index < -0.39 is 0 Å². The van der Waals surface area contributed by atoms with Gasteiger partial charge in [-0.2, -0.15) is 5.10 Å². The van der Waals surface area contributed by atoms with Crippen molar-refractivity contribution in [2.75, 3.05) is 0 Å². The summed E-state index contributed by atoms with van der Waals surface area (Å²) in [6, 6.07) is 5.45. The molecule has 0 saturated heterocycles. The maximum atomic E-state index is 10.9. The normalized spacial score (nSPS) is 12.6. The molecule has 0 saturated carbocycles. The standard InChI is InChI=1S/C12H9ClN2O2/c1-15-12-8-3-2-7(13)4-11(8)17-6-9(12)10(5-16)14-15/h2-5H,6H2,1H3. The van der Waals surface area contributed by atoms with Crippen LogP contribution in [0.25, 0.3) is 11.3 Å². The predicted molar refractivity (Wildman–Crippen MR) is 63.4 cm³/mol. The molecule has 0 radical (unpaired) electrons. The monoisotopic (exact) mass is 248 g/mol. The van der Waals surface area contributed by atoms with Crippen LogP contribution >= 0.6 is 11.6 Å². The summed E-state index contributed by atoms with van der Waals surface area (Å²) in [4.78, 5) is 10.9. The van der Waals surface area contributed by atoms with Crippen LogP contribution in [-0.4, -0.2) is 16.1 Å². The maximum absolute atomic E-state index is 10.9. The lowest BCUT2D eigenvalue weighted by Crippen LogP contribution is -2.07. The third-order valence-electron chi connectivity index (χ3n) is 2.86. The number of aldehydes is 1. The van der Waals surface area contributed by atoms with Gasteiger partial charge in [0.1, 0.15) is 18.1 Å². The second-order valence-electron chi connectivity index (χ2n) is 3.88. The van der Waals surface area contributed by atoms with Crippen molar-refractivity contribution in [3.8, 4) is 17.0 Å². The zero-order valence-electron chi connectivity index (χ0n) is 9.11. The first-order chi connectivity index (χ1) is 8.20. The van der Waals surface area contributed by atoms with Crippen LogP contribution in [0.1, 0.15) is 16.1 Å². The molecule has 1 aliphatic rings. The molecule has 5 heteroatoms. The minimum absolute atomic E-state index is 0.352. The van der Waals surface area contributed by atoms with Crippen molar-refractivity contribution < 1.29 is 9.53 Å². The van der Waals surface area contributed by atoms with Crippen molar-refractivity contribution >= 4 is 17.9 Å². The lowest BCUT2D eigenvalue weighted by atomic mass is 10.0. The first-order valence-corrected chi connectivity index (χ1v) is 5.52. The number of benzene rings is 1. The van der Waals surface area contributed by atoms with Crippen molar-refractivity contribution in [2.45, 2.75) is 6.61 Å². The first kappa shape index (κ1) is 10.4. The highest BCUT2D eigenvalue weighted by Crippen LogP contribution is 2.39. The van der Waals surface area contributed by atoms with Gasteiger partial charge in [-0.1, -0.05) is 11.6 Å². The number of carbonyl (C=O) groups is 1. The molecule has 0 fully saturated rings. The van der Waals surface area contributed by atoms with E-state index in [9.17, 15) is 4.79 Å². The molecule has 2 heterocycles. The van der Waals surface area contributed by atoms with Gasteiger partial charge in [0.2, 0.25) is 0 Å². The average Bonchev–Trinajstić information content (AvgIpc) is 2.66. The number of fused-ring (bicyclic) bond motifs is 3. The highest BCUT2D eigenvalue weighted by atomic mass is 35.5. The van der Waals surface area contributed by atoms with Crippen LogP contribution in [0.5, 0.6) is 5.75 Å². The van der Waals surface area contributed by atoms with Gasteiger partial charge in [-0.3, -0.25) is 9.48 Å². The minimum atomic E-state index is 0.352. The van der Waals surface area contributed by atoms with Gasteiger partial charge >= 0.3 is 0 Å². The summed E-state index contributed by atoms with van der Waals surface area (Å²) < 4.78 is 7.29. The third kappa shape index (κ3) is 1.45. The quantitative estimate of drug-likeness (QED) is 0.728. The van der Waals surface area contributed by atoms with Gasteiger partial charge in [0.05, 0.1) is 5.69 Å². The van der Waals surface area contributed by atoms with Crippen molar-refractivity contribution in [2.24, 2.45) is 7.05 Å². The molecule has 0 bridgehead atoms. The van der Waals surface area contributed by atoms with Crippen molar-refractivity contribution in [3.05, 3.63) is 34.5 Å². The Balaban J connectivity index is 2.29. The first-order valence-electron chi connectivity index (χ1n) is 5.14. The second kappa shape index (κ2) is 3.60. The van der Waals surface area contributed by atoms with Crippen molar-refractivity contribution in [1.29, 1.82) is 0 Å². The molecule has 1 aromatic carbocycles. The molecule has 3 rings (SSSR count). The molecule has 86 valence electrons. The Morgan fingerprint density at radius 2 is 2.35 bits per heavy atom. The summed E-state index contributed by atoms with van der Waals surface area (Å²) in [6.07, 6.45) is 0.753. The number of aromatic nitrogens is 2. The van der Waals surface area contributed by atoms with Gasteiger partial charge < -0.3 is 4.74 Å².